The van der Waals surface area contributed by atoms with E-state index in [0.717, 1.165) is 22.0 Å². The molecule has 3 rings (SSSR count). The first-order valence-electron chi connectivity index (χ1n) is 5.09. The van der Waals surface area contributed by atoms with Gasteiger partial charge >= 0.3 is 0 Å². The van der Waals surface area contributed by atoms with Crippen LogP contribution >= 0.6 is 11.6 Å². The number of benzene rings is 1. The Balaban J connectivity index is 2.34. The first-order chi connectivity index (χ1) is 8.18. The molecule has 6 heteroatoms. The number of para-hydroxylation sites is 1. The van der Waals surface area contributed by atoms with Crippen molar-refractivity contribution in [2.45, 2.75) is 0 Å². The average molecular weight is 248 g/mol. The fourth-order valence-corrected chi connectivity index (χ4v) is 2.07. The number of nitrogens with two attached hydrogens (primary N) is 1. The zero-order chi connectivity index (χ0) is 12.0. The van der Waals surface area contributed by atoms with Crippen molar-refractivity contribution >= 4 is 28.3 Å². The molecule has 17 heavy (non-hydrogen) atoms. The van der Waals surface area contributed by atoms with Crippen LogP contribution in [0, 0.1) is 0 Å². The topological polar surface area (TPSA) is 72.5 Å². The Morgan fingerprint density at radius 3 is 2.88 bits per heavy atom. The average Bonchev–Trinajstić information content (AvgIpc) is 2.86. The summed E-state index contributed by atoms with van der Waals surface area (Å²) in [6, 6.07) is 5.79. The van der Waals surface area contributed by atoms with Crippen molar-refractivity contribution < 1.29 is 0 Å². The van der Waals surface area contributed by atoms with Gasteiger partial charge in [-0.2, -0.15) is 10.2 Å². The molecular weight excluding hydrogens is 238 g/mol. The number of nitrogens with one attached hydrogen (secondary N) is 1. The second kappa shape index (κ2) is 3.49. The van der Waals surface area contributed by atoms with E-state index in [1.165, 1.54) is 0 Å². The predicted octanol–water partition coefficient (Wildman–Crippen LogP) is 2.20. The molecule has 0 unspecified atom stereocenters. The van der Waals surface area contributed by atoms with E-state index in [9.17, 15) is 0 Å². The fourth-order valence-electron chi connectivity index (χ4n) is 1.88. The predicted molar refractivity (Wildman–Crippen MR) is 67.7 cm³/mol. The van der Waals surface area contributed by atoms with Crippen molar-refractivity contribution in [1.29, 1.82) is 0 Å². The Bertz CT molecular complexity index is 697. The van der Waals surface area contributed by atoms with E-state index in [1.54, 1.807) is 17.9 Å². The first-order valence-corrected chi connectivity index (χ1v) is 5.46. The molecule has 0 fully saturated rings. The van der Waals surface area contributed by atoms with Gasteiger partial charge in [0.15, 0.2) is 0 Å². The number of nitrogen functional groups attached to an aromatic ring is 1. The summed E-state index contributed by atoms with van der Waals surface area (Å²) in [5.74, 6) is 0.608. The second-order valence-electron chi connectivity index (χ2n) is 3.81. The summed E-state index contributed by atoms with van der Waals surface area (Å²) in [5, 5.41) is 12.5. The standard InChI is InChI=1S/C11H10ClN5/c1-17-11(13)8(5-14-17)6-3-2-4-7-9(6)15-16-10(7)12/h2-5H,13H2,1H3,(H,15,16). The van der Waals surface area contributed by atoms with E-state index in [-0.39, 0.29) is 0 Å². The molecule has 0 radical (unpaired) electrons. The maximum absolute atomic E-state index is 6.01. The highest BCUT2D eigenvalue weighted by Gasteiger charge is 2.13. The summed E-state index contributed by atoms with van der Waals surface area (Å²) >= 11 is 6.01. The largest absolute Gasteiger partial charge is 0.383 e. The lowest BCUT2D eigenvalue weighted by molar-refractivity contribution is 0.779. The molecule has 0 saturated carbocycles. The lowest BCUT2D eigenvalue weighted by atomic mass is 10.1. The number of anilines is 1. The summed E-state index contributed by atoms with van der Waals surface area (Å²) in [7, 11) is 1.80. The zero-order valence-electron chi connectivity index (χ0n) is 9.11. The minimum atomic E-state index is 0.532. The molecular formula is C11H10ClN5. The molecule has 0 spiro atoms. The monoisotopic (exact) mass is 247 g/mol. The van der Waals surface area contributed by atoms with Gasteiger partial charge in [-0.05, 0) is 6.07 Å². The number of fused-ring (bicyclic) bond motifs is 1. The van der Waals surface area contributed by atoms with Gasteiger partial charge in [-0.3, -0.25) is 9.78 Å². The van der Waals surface area contributed by atoms with Gasteiger partial charge in [0.1, 0.15) is 16.5 Å². The van der Waals surface area contributed by atoms with Gasteiger partial charge in [-0.15, -0.1) is 0 Å². The highest BCUT2D eigenvalue weighted by molar-refractivity contribution is 6.34. The normalized spacial score (nSPS) is 11.2. The minimum absolute atomic E-state index is 0.532. The Morgan fingerprint density at radius 1 is 1.35 bits per heavy atom. The molecule has 5 nitrogen and oxygen atoms in total. The Hall–Kier alpha value is -2.01. The van der Waals surface area contributed by atoms with E-state index in [0.29, 0.717) is 11.0 Å². The van der Waals surface area contributed by atoms with Crippen LogP contribution in [-0.4, -0.2) is 20.0 Å². The van der Waals surface area contributed by atoms with Crippen molar-refractivity contribution in [3.05, 3.63) is 29.5 Å². The van der Waals surface area contributed by atoms with Crippen LogP contribution in [0.15, 0.2) is 24.4 Å². The molecule has 1 aromatic carbocycles. The lowest BCUT2D eigenvalue weighted by Gasteiger charge is -2.01. The molecule has 0 bridgehead atoms. The SMILES string of the molecule is Cn1ncc(-c2cccc3c(Cl)[nH]nc23)c1N. The van der Waals surface area contributed by atoms with Crippen LogP contribution in [0.1, 0.15) is 0 Å². The molecule has 0 amide bonds. The van der Waals surface area contributed by atoms with Crippen molar-refractivity contribution in [3.63, 3.8) is 0 Å². The van der Waals surface area contributed by atoms with Crippen LogP contribution in [0.4, 0.5) is 5.82 Å². The molecule has 3 aromatic rings. The van der Waals surface area contributed by atoms with Crippen LogP contribution in [0.3, 0.4) is 0 Å². The molecule has 2 aromatic heterocycles. The van der Waals surface area contributed by atoms with E-state index >= 15 is 0 Å². The van der Waals surface area contributed by atoms with Gasteiger partial charge < -0.3 is 5.73 Å². The van der Waals surface area contributed by atoms with Crippen molar-refractivity contribution in [3.8, 4) is 11.1 Å². The number of hydrogen-bond donors (Lipinski definition) is 2. The smallest absolute Gasteiger partial charge is 0.132 e. The summed E-state index contributed by atoms with van der Waals surface area (Å²) < 4.78 is 1.63. The summed E-state index contributed by atoms with van der Waals surface area (Å²) in [6.45, 7) is 0. The van der Waals surface area contributed by atoms with Gasteiger partial charge in [0.05, 0.1) is 6.20 Å². The zero-order valence-corrected chi connectivity index (χ0v) is 9.86. The second-order valence-corrected chi connectivity index (χ2v) is 4.18. The van der Waals surface area contributed by atoms with Gasteiger partial charge in [0.2, 0.25) is 0 Å². The van der Waals surface area contributed by atoms with Crippen LogP contribution < -0.4 is 5.73 Å². The van der Waals surface area contributed by atoms with Crippen molar-refractivity contribution in [2.24, 2.45) is 7.05 Å². The Kier molecular flexibility index (Phi) is 2.09. The van der Waals surface area contributed by atoms with Gasteiger partial charge in [-0.1, -0.05) is 23.7 Å². The molecule has 0 saturated heterocycles. The number of H-pyrrole nitrogens is 1. The quantitative estimate of drug-likeness (QED) is 0.692. The van der Waals surface area contributed by atoms with E-state index in [1.807, 2.05) is 18.2 Å². The van der Waals surface area contributed by atoms with Gasteiger partial charge in [0, 0.05) is 23.6 Å². The number of hydrogen-bond acceptors (Lipinski definition) is 3. The van der Waals surface area contributed by atoms with Crippen LogP contribution in [0.5, 0.6) is 0 Å². The van der Waals surface area contributed by atoms with Crippen LogP contribution in [0.25, 0.3) is 22.0 Å². The van der Waals surface area contributed by atoms with Crippen molar-refractivity contribution in [1.82, 2.24) is 20.0 Å². The number of halogens is 1. The number of aromatic amines is 1. The van der Waals surface area contributed by atoms with E-state index in [2.05, 4.69) is 15.3 Å². The highest BCUT2D eigenvalue weighted by Crippen LogP contribution is 2.32. The number of aromatic nitrogens is 4. The minimum Gasteiger partial charge on any atom is -0.383 e. The fraction of sp³-hybridized carbons (Fsp3) is 0.0909. The third kappa shape index (κ3) is 1.39. The molecule has 0 aliphatic heterocycles. The number of nitrogens with zero attached hydrogens (tertiary/aromatic N) is 3. The summed E-state index contributed by atoms with van der Waals surface area (Å²) in [5.41, 5.74) is 8.55. The van der Waals surface area contributed by atoms with Crippen LogP contribution in [0.2, 0.25) is 5.15 Å². The van der Waals surface area contributed by atoms with Gasteiger partial charge in [0.25, 0.3) is 0 Å². The lowest BCUT2D eigenvalue weighted by Crippen LogP contribution is -1.98. The third-order valence-corrected chi connectivity index (χ3v) is 3.10. The molecule has 0 atom stereocenters. The summed E-state index contributed by atoms with van der Waals surface area (Å²) in [4.78, 5) is 0. The Labute approximate surface area is 102 Å². The molecule has 0 aliphatic rings. The van der Waals surface area contributed by atoms with E-state index < -0.39 is 0 Å². The number of rotatable bonds is 1. The van der Waals surface area contributed by atoms with Crippen LogP contribution in [-0.2, 0) is 7.05 Å². The maximum Gasteiger partial charge on any atom is 0.132 e. The molecule has 2 heterocycles. The molecule has 3 N–H and O–H groups in total. The van der Waals surface area contributed by atoms with Crippen molar-refractivity contribution in [2.75, 3.05) is 5.73 Å². The molecule has 86 valence electrons. The first kappa shape index (κ1) is 10.2. The highest BCUT2D eigenvalue weighted by atomic mass is 35.5. The molecule has 0 aliphatic carbocycles. The van der Waals surface area contributed by atoms with E-state index in [4.69, 9.17) is 17.3 Å². The number of aryl methyl sites for hydroxylation is 1. The summed E-state index contributed by atoms with van der Waals surface area (Å²) in [6.07, 6.45) is 1.73. The Morgan fingerprint density at radius 2 is 2.18 bits per heavy atom. The van der Waals surface area contributed by atoms with Gasteiger partial charge in [-0.25, -0.2) is 0 Å². The third-order valence-electron chi connectivity index (χ3n) is 2.81. The maximum atomic E-state index is 6.01.